The molecule has 0 aliphatic rings. The van der Waals surface area contributed by atoms with Crippen LogP contribution in [0.25, 0.3) is 55.0 Å². The average molecular weight is 591 g/mol. The van der Waals surface area contributed by atoms with E-state index in [1.165, 1.54) is 43.6 Å². The summed E-state index contributed by atoms with van der Waals surface area (Å²) in [6.45, 7) is 0. The van der Waals surface area contributed by atoms with Crippen molar-refractivity contribution in [3.8, 4) is 11.4 Å². The van der Waals surface area contributed by atoms with E-state index in [1.54, 1.807) is 0 Å². The van der Waals surface area contributed by atoms with Crippen molar-refractivity contribution < 1.29 is 0 Å². The molecular weight excluding hydrogens is 560 g/mol. The van der Waals surface area contributed by atoms with E-state index in [2.05, 4.69) is 190 Å². The molecule has 0 atom stereocenters. The van der Waals surface area contributed by atoms with Crippen LogP contribution in [-0.4, -0.2) is 9.13 Å². The summed E-state index contributed by atoms with van der Waals surface area (Å²) >= 11 is 0. The van der Waals surface area contributed by atoms with Crippen LogP contribution in [-0.2, 0) is 0 Å². The summed E-state index contributed by atoms with van der Waals surface area (Å²) in [5, 5.41) is 12.2. The van der Waals surface area contributed by atoms with Crippen molar-refractivity contribution >= 4 is 66.4 Å². The van der Waals surface area contributed by atoms with Gasteiger partial charge < -0.3 is 19.8 Å². The lowest BCUT2D eigenvalue weighted by molar-refractivity contribution is 1.18. The van der Waals surface area contributed by atoms with Crippen molar-refractivity contribution in [3.05, 3.63) is 170 Å². The Balaban J connectivity index is 0.920. The Kier molecular flexibility index (Phi) is 6.10. The maximum Gasteiger partial charge on any atom is 0.0541 e. The maximum atomic E-state index is 3.55. The molecule has 0 saturated carbocycles. The zero-order valence-electron chi connectivity index (χ0n) is 25.1. The van der Waals surface area contributed by atoms with Crippen LogP contribution in [0.1, 0.15) is 0 Å². The summed E-state index contributed by atoms with van der Waals surface area (Å²) in [7, 11) is 0. The van der Waals surface area contributed by atoms with Crippen LogP contribution in [0, 0.1) is 0 Å². The Hall–Kier alpha value is -6.26. The molecule has 2 heterocycles. The molecule has 0 bridgehead atoms. The number of hydrogen-bond donors (Lipinski definition) is 2. The molecule has 0 radical (unpaired) electrons. The summed E-state index contributed by atoms with van der Waals surface area (Å²) in [5.74, 6) is 0. The summed E-state index contributed by atoms with van der Waals surface area (Å²) in [6, 6.07) is 60.1. The lowest BCUT2D eigenvalue weighted by Crippen LogP contribution is -1.96. The fourth-order valence-electron chi connectivity index (χ4n) is 6.76. The van der Waals surface area contributed by atoms with Gasteiger partial charge in [0.2, 0.25) is 0 Å². The van der Waals surface area contributed by atoms with E-state index >= 15 is 0 Å². The van der Waals surface area contributed by atoms with E-state index < -0.39 is 0 Å². The summed E-state index contributed by atoms with van der Waals surface area (Å²) in [5.41, 5.74) is 11.3. The van der Waals surface area contributed by atoms with E-state index in [9.17, 15) is 0 Å². The molecule has 0 aliphatic heterocycles. The van der Waals surface area contributed by atoms with Gasteiger partial charge in [-0.25, -0.2) is 0 Å². The van der Waals surface area contributed by atoms with E-state index in [4.69, 9.17) is 0 Å². The molecule has 0 fully saturated rings. The minimum atomic E-state index is 1.04. The molecule has 0 spiro atoms. The maximum absolute atomic E-state index is 3.55. The number of rotatable bonds is 6. The van der Waals surface area contributed by atoms with Crippen molar-refractivity contribution in [3.63, 3.8) is 0 Å². The SMILES string of the molecule is c1ccc2c(c1)c1ccccc1n2-c1ccc(Nc2ccc(Nc3ccc(-n4c5ccccc5c5ccccc54)cc3)cc2)cc1. The van der Waals surface area contributed by atoms with E-state index in [1.807, 2.05) is 0 Å². The van der Waals surface area contributed by atoms with Crippen LogP contribution in [0.4, 0.5) is 22.7 Å². The van der Waals surface area contributed by atoms with Crippen LogP contribution in [0.5, 0.6) is 0 Å². The molecule has 4 nitrogen and oxygen atoms in total. The zero-order valence-corrected chi connectivity index (χ0v) is 25.1. The van der Waals surface area contributed by atoms with Crippen LogP contribution in [0.15, 0.2) is 170 Å². The quantitative estimate of drug-likeness (QED) is 0.202. The molecule has 46 heavy (non-hydrogen) atoms. The first-order chi connectivity index (χ1) is 22.8. The molecule has 218 valence electrons. The molecule has 9 aromatic rings. The summed E-state index contributed by atoms with van der Waals surface area (Å²) in [6.07, 6.45) is 0. The number of nitrogens with zero attached hydrogens (tertiary/aromatic N) is 2. The topological polar surface area (TPSA) is 33.9 Å². The molecule has 4 heteroatoms. The Morgan fingerprint density at radius 1 is 0.261 bits per heavy atom. The Labute approximate surface area is 266 Å². The summed E-state index contributed by atoms with van der Waals surface area (Å²) in [4.78, 5) is 0. The molecule has 7 aromatic carbocycles. The molecule has 0 unspecified atom stereocenters. The van der Waals surface area contributed by atoms with Crippen LogP contribution in [0.2, 0.25) is 0 Å². The lowest BCUT2D eigenvalue weighted by atomic mass is 10.2. The van der Waals surface area contributed by atoms with Crippen molar-refractivity contribution in [2.24, 2.45) is 0 Å². The smallest absolute Gasteiger partial charge is 0.0541 e. The highest BCUT2D eigenvalue weighted by Gasteiger charge is 2.12. The Bertz CT molecular complexity index is 2220. The number of anilines is 4. The van der Waals surface area contributed by atoms with Gasteiger partial charge in [0.15, 0.2) is 0 Å². The monoisotopic (exact) mass is 590 g/mol. The minimum Gasteiger partial charge on any atom is -0.356 e. The Morgan fingerprint density at radius 3 is 0.783 bits per heavy atom. The molecule has 2 aromatic heterocycles. The van der Waals surface area contributed by atoms with Gasteiger partial charge in [0.25, 0.3) is 0 Å². The van der Waals surface area contributed by atoms with Gasteiger partial charge in [0, 0.05) is 55.7 Å². The zero-order chi connectivity index (χ0) is 30.5. The minimum absolute atomic E-state index is 1.04. The summed E-state index contributed by atoms with van der Waals surface area (Å²) < 4.78 is 4.68. The second kappa shape index (κ2) is 10.7. The molecule has 0 saturated heterocycles. The van der Waals surface area contributed by atoms with Crippen LogP contribution in [0.3, 0.4) is 0 Å². The van der Waals surface area contributed by atoms with Gasteiger partial charge in [-0.1, -0.05) is 72.8 Å². The number of para-hydroxylation sites is 4. The van der Waals surface area contributed by atoms with Crippen LogP contribution >= 0.6 is 0 Å². The number of benzene rings is 7. The first-order valence-corrected chi connectivity index (χ1v) is 15.6. The molecule has 0 aliphatic carbocycles. The second-order valence-electron chi connectivity index (χ2n) is 11.7. The van der Waals surface area contributed by atoms with Gasteiger partial charge in [-0.15, -0.1) is 0 Å². The van der Waals surface area contributed by atoms with Crippen molar-refractivity contribution in [1.82, 2.24) is 9.13 Å². The normalized spacial score (nSPS) is 11.5. The van der Waals surface area contributed by atoms with Crippen LogP contribution < -0.4 is 10.6 Å². The van der Waals surface area contributed by atoms with Gasteiger partial charge in [0.05, 0.1) is 22.1 Å². The van der Waals surface area contributed by atoms with Crippen molar-refractivity contribution in [1.29, 1.82) is 0 Å². The third-order valence-electron chi connectivity index (χ3n) is 8.87. The molecular formula is C42H30N4. The standard InChI is InChI=1S/C42H30N4/c1-5-13-39-35(9-1)36-10-2-6-14-40(36)45(39)33-25-21-31(22-26-33)43-29-17-19-30(20-18-29)44-32-23-27-34(28-24-32)46-41-15-7-3-11-37(41)38-12-4-8-16-42(38)46/h1-28,43-44H. The molecule has 2 N–H and O–H groups in total. The van der Waals surface area contributed by atoms with E-state index in [-0.39, 0.29) is 0 Å². The second-order valence-corrected chi connectivity index (χ2v) is 11.7. The van der Waals surface area contributed by atoms with Crippen molar-refractivity contribution in [2.45, 2.75) is 0 Å². The highest BCUT2D eigenvalue weighted by atomic mass is 15.0. The molecule has 9 rings (SSSR count). The largest absolute Gasteiger partial charge is 0.356 e. The predicted octanol–water partition coefficient (Wildman–Crippen LogP) is 11.4. The van der Waals surface area contributed by atoms with Gasteiger partial charge in [-0.3, -0.25) is 0 Å². The van der Waals surface area contributed by atoms with Gasteiger partial charge >= 0.3 is 0 Å². The fourth-order valence-corrected chi connectivity index (χ4v) is 6.76. The average Bonchev–Trinajstić information content (AvgIpc) is 3.63. The third-order valence-corrected chi connectivity index (χ3v) is 8.87. The number of nitrogens with one attached hydrogen (secondary N) is 2. The van der Waals surface area contributed by atoms with Crippen molar-refractivity contribution in [2.75, 3.05) is 10.6 Å². The number of aromatic nitrogens is 2. The van der Waals surface area contributed by atoms with Gasteiger partial charge in [0.1, 0.15) is 0 Å². The van der Waals surface area contributed by atoms with E-state index in [0.29, 0.717) is 0 Å². The fraction of sp³-hybridized carbons (Fsp3) is 0. The predicted molar refractivity (Wildman–Crippen MR) is 195 cm³/mol. The Morgan fingerprint density at radius 2 is 0.500 bits per heavy atom. The highest BCUT2D eigenvalue weighted by Crippen LogP contribution is 2.34. The highest BCUT2D eigenvalue weighted by molar-refractivity contribution is 6.10. The van der Waals surface area contributed by atoms with E-state index in [0.717, 1.165) is 34.1 Å². The molecule has 0 amide bonds. The lowest BCUT2D eigenvalue weighted by Gasteiger charge is -2.12. The van der Waals surface area contributed by atoms with Gasteiger partial charge in [-0.05, 0) is 97.1 Å². The van der Waals surface area contributed by atoms with Gasteiger partial charge in [-0.2, -0.15) is 0 Å². The third kappa shape index (κ3) is 4.39. The first-order valence-electron chi connectivity index (χ1n) is 15.6. The first kappa shape index (κ1) is 26.2. The number of fused-ring (bicyclic) bond motifs is 6. The number of hydrogen-bond acceptors (Lipinski definition) is 2.